The molecule has 0 unspecified atom stereocenters. The first kappa shape index (κ1) is 14.9. The summed E-state index contributed by atoms with van der Waals surface area (Å²) in [6.07, 6.45) is 2.63. The SMILES string of the molecule is Clc1ccc(OCc2ccc(CNC3CC3)cc2Br)cc1. The van der Waals surface area contributed by atoms with Crippen molar-refractivity contribution in [2.24, 2.45) is 0 Å². The van der Waals surface area contributed by atoms with Crippen LogP contribution < -0.4 is 10.1 Å². The summed E-state index contributed by atoms with van der Waals surface area (Å²) in [4.78, 5) is 0. The van der Waals surface area contributed by atoms with E-state index in [9.17, 15) is 0 Å². The summed E-state index contributed by atoms with van der Waals surface area (Å²) in [7, 11) is 0. The topological polar surface area (TPSA) is 21.3 Å². The van der Waals surface area contributed by atoms with Crippen LogP contribution in [0.1, 0.15) is 24.0 Å². The van der Waals surface area contributed by atoms with E-state index in [1.165, 1.54) is 18.4 Å². The molecule has 1 aliphatic rings. The predicted molar refractivity (Wildman–Crippen MR) is 89.8 cm³/mol. The monoisotopic (exact) mass is 365 g/mol. The van der Waals surface area contributed by atoms with Crippen LogP contribution in [0.25, 0.3) is 0 Å². The maximum absolute atomic E-state index is 5.86. The lowest BCUT2D eigenvalue weighted by atomic mass is 10.1. The Morgan fingerprint density at radius 2 is 1.90 bits per heavy atom. The number of benzene rings is 2. The fourth-order valence-electron chi connectivity index (χ4n) is 2.06. The fraction of sp³-hybridized carbons (Fsp3) is 0.294. The summed E-state index contributed by atoms with van der Waals surface area (Å²) in [6.45, 7) is 1.47. The van der Waals surface area contributed by atoms with Crippen LogP contribution in [0.15, 0.2) is 46.9 Å². The molecule has 1 aliphatic carbocycles. The second-order valence-electron chi connectivity index (χ2n) is 5.32. The standard InChI is InChI=1S/C17H17BrClNO/c18-17-9-12(10-20-15-5-6-15)1-2-13(17)11-21-16-7-3-14(19)4-8-16/h1-4,7-9,15,20H,5-6,10-11H2. The summed E-state index contributed by atoms with van der Waals surface area (Å²) in [6, 6.07) is 14.6. The smallest absolute Gasteiger partial charge is 0.119 e. The Morgan fingerprint density at radius 1 is 1.14 bits per heavy atom. The number of nitrogens with one attached hydrogen (secondary N) is 1. The third-order valence-corrected chi connectivity index (χ3v) is 4.49. The summed E-state index contributed by atoms with van der Waals surface area (Å²) in [5.41, 5.74) is 2.43. The quantitative estimate of drug-likeness (QED) is 0.782. The second kappa shape index (κ2) is 6.82. The Balaban J connectivity index is 1.58. The van der Waals surface area contributed by atoms with Crippen LogP contribution in [0.2, 0.25) is 5.02 Å². The molecule has 4 heteroatoms. The molecule has 0 atom stereocenters. The zero-order valence-electron chi connectivity index (χ0n) is 11.6. The van der Waals surface area contributed by atoms with Crippen molar-refractivity contribution in [1.82, 2.24) is 5.32 Å². The molecule has 1 saturated carbocycles. The van der Waals surface area contributed by atoms with Gasteiger partial charge in [-0.15, -0.1) is 0 Å². The molecule has 1 N–H and O–H groups in total. The minimum Gasteiger partial charge on any atom is -0.489 e. The van der Waals surface area contributed by atoms with Crippen molar-refractivity contribution in [2.45, 2.75) is 32.0 Å². The molecular weight excluding hydrogens is 350 g/mol. The van der Waals surface area contributed by atoms with Crippen LogP contribution in [0, 0.1) is 0 Å². The summed E-state index contributed by atoms with van der Waals surface area (Å²) < 4.78 is 6.86. The molecule has 0 aliphatic heterocycles. The largest absolute Gasteiger partial charge is 0.489 e. The van der Waals surface area contributed by atoms with Crippen LogP contribution >= 0.6 is 27.5 Å². The molecule has 1 fully saturated rings. The lowest BCUT2D eigenvalue weighted by Gasteiger charge is -2.10. The van der Waals surface area contributed by atoms with Gasteiger partial charge < -0.3 is 10.1 Å². The molecule has 0 saturated heterocycles. The van der Waals surface area contributed by atoms with Crippen molar-refractivity contribution in [2.75, 3.05) is 0 Å². The van der Waals surface area contributed by atoms with Gasteiger partial charge in [-0.05, 0) is 48.7 Å². The van der Waals surface area contributed by atoms with Crippen LogP contribution in [0.4, 0.5) is 0 Å². The molecule has 0 amide bonds. The van der Waals surface area contributed by atoms with E-state index in [1.807, 2.05) is 24.3 Å². The minimum absolute atomic E-state index is 0.540. The second-order valence-corrected chi connectivity index (χ2v) is 6.61. The molecule has 0 bridgehead atoms. The fourth-order valence-corrected chi connectivity index (χ4v) is 2.73. The maximum atomic E-state index is 5.86. The van der Waals surface area contributed by atoms with Gasteiger partial charge in [-0.3, -0.25) is 0 Å². The van der Waals surface area contributed by atoms with E-state index in [2.05, 4.69) is 39.4 Å². The van der Waals surface area contributed by atoms with E-state index >= 15 is 0 Å². The van der Waals surface area contributed by atoms with Crippen molar-refractivity contribution in [3.8, 4) is 5.75 Å². The van der Waals surface area contributed by atoms with Crippen molar-refractivity contribution >= 4 is 27.5 Å². The van der Waals surface area contributed by atoms with Crippen LogP contribution in [-0.4, -0.2) is 6.04 Å². The highest BCUT2D eigenvalue weighted by molar-refractivity contribution is 9.10. The lowest BCUT2D eigenvalue weighted by molar-refractivity contribution is 0.305. The van der Waals surface area contributed by atoms with Gasteiger partial charge >= 0.3 is 0 Å². The van der Waals surface area contributed by atoms with Crippen LogP contribution in [0.5, 0.6) is 5.75 Å². The average molecular weight is 367 g/mol. The Labute approximate surface area is 138 Å². The van der Waals surface area contributed by atoms with Crippen LogP contribution in [0.3, 0.4) is 0 Å². The first-order valence-corrected chi connectivity index (χ1v) is 8.27. The third-order valence-electron chi connectivity index (χ3n) is 3.50. The van der Waals surface area contributed by atoms with E-state index in [1.54, 1.807) is 0 Å². The average Bonchev–Trinajstić information content (AvgIpc) is 3.30. The van der Waals surface area contributed by atoms with E-state index in [0.29, 0.717) is 6.61 Å². The van der Waals surface area contributed by atoms with Gasteiger partial charge in [0.25, 0.3) is 0 Å². The lowest BCUT2D eigenvalue weighted by Crippen LogP contribution is -2.15. The highest BCUT2D eigenvalue weighted by atomic mass is 79.9. The number of halogens is 2. The highest BCUT2D eigenvalue weighted by Crippen LogP contribution is 2.23. The van der Waals surface area contributed by atoms with Crippen molar-refractivity contribution in [1.29, 1.82) is 0 Å². The Kier molecular flexibility index (Phi) is 4.84. The normalized spacial score (nSPS) is 14.2. The van der Waals surface area contributed by atoms with Crippen molar-refractivity contribution in [3.05, 3.63) is 63.1 Å². The first-order chi connectivity index (χ1) is 10.2. The maximum Gasteiger partial charge on any atom is 0.119 e. The minimum atomic E-state index is 0.540. The van der Waals surface area contributed by atoms with Gasteiger partial charge in [0.2, 0.25) is 0 Å². The summed E-state index contributed by atoms with van der Waals surface area (Å²) in [5, 5.41) is 4.24. The molecule has 0 aromatic heterocycles. The van der Waals surface area contributed by atoms with E-state index < -0.39 is 0 Å². The van der Waals surface area contributed by atoms with E-state index in [4.69, 9.17) is 16.3 Å². The number of hydrogen-bond donors (Lipinski definition) is 1. The molecule has 2 aromatic rings. The van der Waals surface area contributed by atoms with E-state index in [-0.39, 0.29) is 0 Å². The van der Waals surface area contributed by atoms with Crippen molar-refractivity contribution in [3.63, 3.8) is 0 Å². The number of ether oxygens (including phenoxy) is 1. The zero-order valence-corrected chi connectivity index (χ0v) is 14.0. The number of hydrogen-bond acceptors (Lipinski definition) is 2. The Bertz CT molecular complexity index is 611. The Morgan fingerprint density at radius 3 is 2.57 bits per heavy atom. The van der Waals surface area contributed by atoms with Gasteiger partial charge in [0.15, 0.2) is 0 Å². The molecule has 2 nitrogen and oxygen atoms in total. The molecule has 21 heavy (non-hydrogen) atoms. The molecule has 110 valence electrons. The molecular formula is C17H17BrClNO. The molecule has 0 heterocycles. The van der Waals surface area contributed by atoms with Gasteiger partial charge in [0, 0.05) is 27.6 Å². The van der Waals surface area contributed by atoms with Gasteiger partial charge in [0.1, 0.15) is 12.4 Å². The summed E-state index contributed by atoms with van der Waals surface area (Å²) >= 11 is 9.48. The highest BCUT2D eigenvalue weighted by Gasteiger charge is 2.19. The van der Waals surface area contributed by atoms with E-state index in [0.717, 1.165) is 33.4 Å². The molecule has 2 aromatic carbocycles. The van der Waals surface area contributed by atoms with Gasteiger partial charge in [0.05, 0.1) is 0 Å². The van der Waals surface area contributed by atoms with Gasteiger partial charge in [-0.2, -0.15) is 0 Å². The number of rotatable bonds is 6. The Hall–Kier alpha value is -1.03. The molecule has 3 rings (SSSR count). The third kappa shape index (κ3) is 4.47. The predicted octanol–water partition coefficient (Wildman–Crippen LogP) is 4.93. The van der Waals surface area contributed by atoms with Crippen LogP contribution in [-0.2, 0) is 13.2 Å². The van der Waals surface area contributed by atoms with Gasteiger partial charge in [-0.25, -0.2) is 0 Å². The zero-order chi connectivity index (χ0) is 14.7. The van der Waals surface area contributed by atoms with Crippen molar-refractivity contribution < 1.29 is 4.74 Å². The first-order valence-electron chi connectivity index (χ1n) is 7.10. The summed E-state index contributed by atoms with van der Waals surface area (Å²) in [5.74, 6) is 0.825. The van der Waals surface area contributed by atoms with Gasteiger partial charge in [-0.1, -0.05) is 39.7 Å². The molecule has 0 radical (unpaired) electrons. The molecule has 0 spiro atoms.